The monoisotopic (exact) mass is 272 g/mol. The summed E-state index contributed by atoms with van der Waals surface area (Å²) in [6, 6.07) is 9.14. The van der Waals surface area contributed by atoms with Crippen molar-refractivity contribution in [2.75, 3.05) is 11.1 Å². The number of amides is 1. The summed E-state index contributed by atoms with van der Waals surface area (Å²) >= 11 is 0. The van der Waals surface area contributed by atoms with Crippen LogP contribution in [0.5, 0.6) is 0 Å². The van der Waals surface area contributed by atoms with Gasteiger partial charge in [0.2, 0.25) is 5.91 Å². The van der Waals surface area contributed by atoms with E-state index in [4.69, 9.17) is 5.73 Å². The molecule has 3 N–H and O–H groups in total. The Hall–Kier alpha value is -2.30. The molecule has 0 saturated heterocycles. The van der Waals surface area contributed by atoms with E-state index in [-0.39, 0.29) is 5.91 Å². The molecule has 1 heterocycles. The van der Waals surface area contributed by atoms with E-state index in [0.29, 0.717) is 17.9 Å². The van der Waals surface area contributed by atoms with Crippen LogP contribution in [0, 0.1) is 0 Å². The first-order valence-corrected chi connectivity index (χ1v) is 6.90. The van der Waals surface area contributed by atoms with Gasteiger partial charge in [0.1, 0.15) is 5.82 Å². The number of carbonyl (C=O) groups is 1. The van der Waals surface area contributed by atoms with Crippen molar-refractivity contribution in [1.82, 2.24) is 9.78 Å². The Kier molecular flexibility index (Phi) is 4.76. The molecule has 2 aromatic rings. The van der Waals surface area contributed by atoms with E-state index in [1.54, 1.807) is 16.9 Å². The number of anilines is 2. The van der Waals surface area contributed by atoms with Gasteiger partial charge in [-0.3, -0.25) is 4.79 Å². The Morgan fingerprint density at radius 2 is 2.00 bits per heavy atom. The molecule has 1 amide bonds. The molecule has 0 spiro atoms. The summed E-state index contributed by atoms with van der Waals surface area (Å²) in [6.07, 6.45) is 5.30. The summed E-state index contributed by atoms with van der Waals surface area (Å²) in [5.41, 5.74) is 7.24. The molecule has 2 rings (SSSR count). The highest BCUT2D eigenvalue weighted by Gasteiger charge is 2.08. The van der Waals surface area contributed by atoms with Crippen LogP contribution >= 0.6 is 0 Å². The Morgan fingerprint density at radius 3 is 2.70 bits per heavy atom. The first-order valence-electron chi connectivity index (χ1n) is 6.90. The third-order valence-corrected chi connectivity index (χ3v) is 3.06. The second-order valence-electron chi connectivity index (χ2n) is 4.73. The largest absolute Gasteiger partial charge is 0.399 e. The van der Waals surface area contributed by atoms with Gasteiger partial charge >= 0.3 is 0 Å². The number of nitrogens with two attached hydrogens (primary N) is 1. The molecular formula is C15H20N4O. The maximum absolute atomic E-state index is 11.9. The van der Waals surface area contributed by atoms with E-state index in [9.17, 15) is 4.79 Å². The van der Waals surface area contributed by atoms with Gasteiger partial charge in [0, 0.05) is 18.2 Å². The highest BCUT2D eigenvalue weighted by Crippen LogP contribution is 2.16. The molecule has 0 bridgehead atoms. The number of hydrogen-bond acceptors (Lipinski definition) is 3. The number of rotatable bonds is 6. The number of carbonyl (C=O) groups excluding carboxylic acids is 1. The van der Waals surface area contributed by atoms with Gasteiger partial charge in [0.05, 0.1) is 11.9 Å². The zero-order valence-electron chi connectivity index (χ0n) is 11.7. The fraction of sp³-hybridized carbons (Fsp3) is 0.333. The number of unbranched alkanes of at least 4 members (excludes halogenated alkanes) is 2. The molecule has 0 fully saturated rings. The zero-order chi connectivity index (χ0) is 14.4. The van der Waals surface area contributed by atoms with Crippen molar-refractivity contribution in [3.8, 4) is 5.69 Å². The van der Waals surface area contributed by atoms with Crippen LogP contribution in [0.25, 0.3) is 5.69 Å². The molecule has 0 aliphatic rings. The molecule has 0 radical (unpaired) electrons. The summed E-state index contributed by atoms with van der Waals surface area (Å²) < 4.78 is 1.69. The quantitative estimate of drug-likeness (QED) is 0.627. The van der Waals surface area contributed by atoms with Gasteiger partial charge < -0.3 is 11.1 Å². The van der Waals surface area contributed by atoms with Crippen molar-refractivity contribution in [2.24, 2.45) is 0 Å². The van der Waals surface area contributed by atoms with E-state index in [2.05, 4.69) is 17.3 Å². The molecule has 20 heavy (non-hydrogen) atoms. The van der Waals surface area contributed by atoms with Crippen molar-refractivity contribution in [2.45, 2.75) is 32.6 Å². The number of hydrogen-bond donors (Lipinski definition) is 2. The molecular weight excluding hydrogens is 252 g/mol. The topological polar surface area (TPSA) is 72.9 Å². The van der Waals surface area contributed by atoms with Gasteiger partial charge in [-0.25, -0.2) is 4.68 Å². The van der Waals surface area contributed by atoms with Gasteiger partial charge in [-0.2, -0.15) is 5.10 Å². The molecule has 0 aliphatic heterocycles. The lowest BCUT2D eigenvalue weighted by atomic mass is 10.2. The number of nitrogen functional groups attached to an aromatic ring is 1. The van der Waals surface area contributed by atoms with Gasteiger partial charge in [-0.05, 0) is 30.7 Å². The zero-order valence-corrected chi connectivity index (χ0v) is 11.7. The minimum absolute atomic E-state index is 0.0237. The lowest BCUT2D eigenvalue weighted by molar-refractivity contribution is -0.116. The lowest BCUT2D eigenvalue weighted by Gasteiger charge is -2.09. The molecule has 0 unspecified atom stereocenters. The number of nitrogens with zero attached hydrogens (tertiary/aromatic N) is 2. The van der Waals surface area contributed by atoms with Gasteiger partial charge in [0.25, 0.3) is 0 Å². The summed E-state index contributed by atoms with van der Waals surface area (Å²) in [6.45, 7) is 2.12. The van der Waals surface area contributed by atoms with Crippen LogP contribution in [-0.4, -0.2) is 15.7 Å². The predicted molar refractivity (Wildman–Crippen MR) is 80.7 cm³/mol. The summed E-state index contributed by atoms with van der Waals surface area (Å²) in [4.78, 5) is 11.9. The van der Waals surface area contributed by atoms with Crippen molar-refractivity contribution >= 4 is 17.4 Å². The van der Waals surface area contributed by atoms with Crippen molar-refractivity contribution in [3.63, 3.8) is 0 Å². The van der Waals surface area contributed by atoms with Crippen LogP contribution in [0.4, 0.5) is 11.5 Å². The predicted octanol–water partition coefficient (Wildman–Crippen LogP) is 2.97. The van der Waals surface area contributed by atoms with E-state index >= 15 is 0 Å². The van der Waals surface area contributed by atoms with E-state index in [1.807, 2.05) is 24.3 Å². The Balaban J connectivity index is 2.05. The molecule has 0 saturated carbocycles. The molecule has 1 aromatic heterocycles. The average Bonchev–Trinajstić information content (AvgIpc) is 2.88. The van der Waals surface area contributed by atoms with Crippen LogP contribution < -0.4 is 11.1 Å². The standard InChI is InChI=1S/C15H20N4O/c1-2-3-4-5-15(20)18-14-10-11-17-19(14)13-8-6-12(16)7-9-13/h6-11H,2-5,16H2,1H3,(H,18,20). The minimum Gasteiger partial charge on any atom is -0.399 e. The van der Waals surface area contributed by atoms with Crippen LogP contribution in [0.2, 0.25) is 0 Å². The Labute approximate surface area is 118 Å². The molecule has 5 heteroatoms. The highest BCUT2D eigenvalue weighted by atomic mass is 16.1. The molecule has 0 aliphatic carbocycles. The first-order chi connectivity index (χ1) is 9.70. The summed E-state index contributed by atoms with van der Waals surface area (Å²) in [5, 5.41) is 7.12. The number of aromatic nitrogens is 2. The molecule has 106 valence electrons. The van der Waals surface area contributed by atoms with Gasteiger partial charge in [0.15, 0.2) is 0 Å². The molecule has 1 aromatic carbocycles. The maximum Gasteiger partial charge on any atom is 0.225 e. The van der Waals surface area contributed by atoms with Crippen LogP contribution in [-0.2, 0) is 4.79 Å². The molecule has 5 nitrogen and oxygen atoms in total. The van der Waals surface area contributed by atoms with Gasteiger partial charge in [-0.15, -0.1) is 0 Å². The first kappa shape index (κ1) is 14.1. The SMILES string of the molecule is CCCCCC(=O)Nc1ccnn1-c1ccc(N)cc1. The van der Waals surface area contributed by atoms with Crippen LogP contribution in [0.15, 0.2) is 36.5 Å². The van der Waals surface area contributed by atoms with Crippen molar-refractivity contribution in [3.05, 3.63) is 36.5 Å². The smallest absolute Gasteiger partial charge is 0.225 e. The normalized spacial score (nSPS) is 10.4. The lowest BCUT2D eigenvalue weighted by Crippen LogP contribution is -2.14. The summed E-state index contributed by atoms with van der Waals surface area (Å²) in [7, 11) is 0. The second kappa shape index (κ2) is 6.75. The fourth-order valence-corrected chi connectivity index (χ4v) is 1.96. The van der Waals surface area contributed by atoms with E-state index < -0.39 is 0 Å². The van der Waals surface area contributed by atoms with E-state index in [1.165, 1.54) is 0 Å². The number of nitrogens with one attached hydrogen (secondary N) is 1. The molecule has 0 atom stereocenters. The van der Waals surface area contributed by atoms with Crippen LogP contribution in [0.1, 0.15) is 32.6 Å². The average molecular weight is 272 g/mol. The Bertz CT molecular complexity index is 560. The van der Waals surface area contributed by atoms with Crippen molar-refractivity contribution < 1.29 is 4.79 Å². The van der Waals surface area contributed by atoms with Crippen LogP contribution in [0.3, 0.4) is 0 Å². The third kappa shape index (κ3) is 3.60. The van der Waals surface area contributed by atoms with Gasteiger partial charge in [-0.1, -0.05) is 19.8 Å². The third-order valence-electron chi connectivity index (χ3n) is 3.06. The minimum atomic E-state index is 0.0237. The second-order valence-corrected chi connectivity index (χ2v) is 4.73. The fourth-order valence-electron chi connectivity index (χ4n) is 1.96. The Morgan fingerprint density at radius 1 is 1.25 bits per heavy atom. The summed E-state index contributed by atoms with van der Waals surface area (Å²) in [5.74, 6) is 0.701. The van der Waals surface area contributed by atoms with E-state index in [0.717, 1.165) is 24.9 Å². The number of benzene rings is 1. The maximum atomic E-state index is 11.9. The highest BCUT2D eigenvalue weighted by molar-refractivity contribution is 5.90. The van der Waals surface area contributed by atoms with Crippen molar-refractivity contribution in [1.29, 1.82) is 0 Å².